The largest absolute Gasteiger partial charge is 0.278 e. The van der Waals surface area contributed by atoms with Crippen molar-refractivity contribution in [1.82, 2.24) is 0 Å². The fourth-order valence-corrected chi connectivity index (χ4v) is 3.22. The van der Waals surface area contributed by atoms with Crippen LogP contribution in [-0.4, -0.2) is 8.42 Å². The van der Waals surface area contributed by atoms with Gasteiger partial charge in [0.15, 0.2) is 0 Å². The molecule has 2 aromatic rings. The first kappa shape index (κ1) is 14.9. The molecule has 106 valence electrons. The van der Waals surface area contributed by atoms with Crippen molar-refractivity contribution in [3.05, 3.63) is 58.1 Å². The summed E-state index contributed by atoms with van der Waals surface area (Å²) in [6.07, 6.45) is 0. The lowest BCUT2D eigenvalue weighted by Crippen LogP contribution is -2.15. The fourth-order valence-electron chi connectivity index (χ4n) is 1.61. The van der Waals surface area contributed by atoms with E-state index in [0.717, 1.165) is 17.7 Å². The molecule has 0 aromatic heterocycles. The lowest BCUT2D eigenvalue weighted by molar-refractivity contribution is 0.551. The van der Waals surface area contributed by atoms with Crippen LogP contribution in [0.15, 0.2) is 45.8 Å². The number of nitrogens with one attached hydrogen (secondary N) is 1. The molecule has 0 heterocycles. The monoisotopic (exact) mass is 361 g/mol. The molecule has 0 atom stereocenters. The Hall–Kier alpha value is -1.47. The van der Waals surface area contributed by atoms with E-state index in [9.17, 15) is 17.2 Å². The highest BCUT2D eigenvalue weighted by molar-refractivity contribution is 9.10. The molecule has 3 nitrogen and oxygen atoms in total. The predicted molar refractivity (Wildman–Crippen MR) is 76.0 cm³/mol. The fraction of sp³-hybridized carbons (Fsp3) is 0.0769. The Labute approximate surface area is 123 Å². The average Bonchev–Trinajstić information content (AvgIpc) is 2.33. The molecule has 0 saturated heterocycles. The van der Waals surface area contributed by atoms with Crippen LogP contribution in [0.4, 0.5) is 14.5 Å². The van der Waals surface area contributed by atoms with Crippen molar-refractivity contribution in [2.45, 2.75) is 11.8 Å². The van der Waals surface area contributed by atoms with Crippen LogP contribution in [0.25, 0.3) is 0 Å². The van der Waals surface area contributed by atoms with E-state index < -0.39 is 26.6 Å². The van der Waals surface area contributed by atoms with Gasteiger partial charge in [0.05, 0.1) is 5.69 Å². The smallest absolute Gasteiger partial charge is 0.264 e. The number of halogens is 3. The Kier molecular flexibility index (Phi) is 4.10. The van der Waals surface area contributed by atoms with Gasteiger partial charge in [-0.25, -0.2) is 17.2 Å². The summed E-state index contributed by atoms with van der Waals surface area (Å²) >= 11 is 3.21. The van der Waals surface area contributed by atoms with Gasteiger partial charge in [-0.3, -0.25) is 4.72 Å². The van der Waals surface area contributed by atoms with Gasteiger partial charge in [0.1, 0.15) is 16.5 Å². The summed E-state index contributed by atoms with van der Waals surface area (Å²) in [6.45, 7) is 1.79. The van der Waals surface area contributed by atoms with Crippen LogP contribution in [0.5, 0.6) is 0 Å². The summed E-state index contributed by atoms with van der Waals surface area (Å²) in [6, 6.07) is 7.37. The minimum absolute atomic E-state index is 0.286. The van der Waals surface area contributed by atoms with Gasteiger partial charge in [-0.05, 0) is 52.7 Å². The zero-order chi connectivity index (χ0) is 14.9. The summed E-state index contributed by atoms with van der Waals surface area (Å²) in [5.74, 6) is -1.97. The summed E-state index contributed by atoms with van der Waals surface area (Å²) < 4.78 is 53.4. The maximum Gasteiger partial charge on any atom is 0.264 e. The van der Waals surface area contributed by atoms with Crippen molar-refractivity contribution in [1.29, 1.82) is 0 Å². The first-order chi connectivity index (χ1) is 9.29. The van der Waals surface area contributed by atoms with E-state index in [1.54, 1.807) is 25.1 Å². The quantitative estimate of drug-likeness (QED) is 0.902. The third-order valence-electron chi connectivity index (χ3n) is 2.55. The first-order valence-corrected chi connectivity index (χ1v) is 7.81. The van der Waals surface area contributed by atoms with Crippen LogP contribution in [0, 0.1) is 18.6 Å². The van der Waals surface area contributed by atoms with Gasteiger partial charge in [0, 0.05) is 10.5 Å². The lowest BCUT2D eigenvalue weighted by Gasteiger charge is -2.11. The van der Waals surface area contributed by atoms with Crippen LogP contribution in [0.2, 0.25) is 0 Å². The van der Waals surface area contributed by atoms with E-state index in [0.29, 0.717) is 10.5 Å². The van der Waals surface area contributed by atoms with E-state index in [2.05, 4.69) is 20.7 Å². The van der Waals surface area contributed by atoms with E-state index in [1.165, 1.54) is 0 Å². The number of aryl methyl sites for hydroxylation is 1. The number of hydrogen-bond donors (Lipinski definition) is 1. The van der Waals surface area contributed by atoms with E-state index in [4.69, 9.17) is 0 Å². The molecule has 0 radical (unpaired) electrons. The molecular formula is C13H10BrF2NO2S. The van der Waals surface area contributed by atoms with E-state index in [1.807, 2.05) is 0 Å². The van der Waals surface area contributed by atoms with Gasteiger partial charge in [-0.15, -0.1) is 0 Å². The maximum atomic E-state index is 13.6. The molecule has 7 heteroatoms. The maximum absolute atomic E-state index is 13.6. The summed E-state index contributed by atoms with van der Waals surface area (Å²) in [5.41, 5.74) is 1.12. The molecule has 0 fully saturated rings. The standard InChI is InChI=1S/C13H10BrF2NO2S/c1-8-2-4-10(14)12(6-8)17-20(18,19)13-5-3-9(15)7-11(13)16/h2-7,17H,1H3. The van der Waals surface area contributed by atoms with E-state index in [-0.39, 0.29) is 5.69 Å². The van der Waals surface area contributed by atoms with Gasteiger partial charge in [-0.1, -0.05) is 6.07 Å². The topological polar surface area (TPSA) is 46.2 Å². The molecule has 0 bridgehead atoms. The molecule has 0 saturated carbocycles. The summed E-state index contributed by atoms with van der Waals surface area (Å²) in [7, 11) is -4.12. The van der Waals surface area contributed by atoms with Crippen LogP contribution in [0.3, 0.4) is 0 Å². The molecule has 0 unspecified atom stereocenters. The van der Waals surface area contributed by atoms with Crippen molar-refractivity contribution in [2.24, 2.45) is 0 Å². The molecule has 0 aliphatic rings. The highest BCUT2D eigenvalue weighted by Gasteiger charge is 2.20. The lowest BCUT2D eigenvalue weighted by atomic mass is 10.2. The molecule has 1 N–H and O–H groups in total. The Bertz CT molecular complexity index is 763. The Balaban J connectivity index is 2.43. The minimum Gasteiger partial charge on any atom is -0.278 e. The second-order valence-corrected chi connectivity index (χ2v) is 6.67. The van der Waals surface area contributed by atoms with Gasteiger partial charge >= 0.3 is 0 Å². The molecule has 0 aliphatic carbocycles. The van der Waals surface area contributed by atoms with Crippen LogP contribution in [-0.2, 0) is 10.0 Å². The van der Waals surface area contributed by atoms with Gasteiger partial charge < -0.3 is 0 Å². The summed E-state index contributed by atoms with van der Waals surface area (Å²) in [4.78, 5) is -0.604. The predicted octanol–water partition coefficient (Wildman–Crippen LogP) is 3.84. The van der Waals surface area contributed by atoms with Crippen molar-refractivity contribution >= 4 is 31.6 Å². The second kappa shape index (κ2) is 5.49. The van der Waals surface area contributed by atoms with Gasteiger partial charge in [-0.2, -0.15) is 0 Å². The van der Waals surface area contributed by atoms with Gasteiger partial charge in [0.25, 0.3) is 10.0 Å². The Morgan fingerprint density at radius 2 is 1.80 bits per heavy atom. The average molecular weight is 362 g/mol. The Morgan fingerprint density at radius 3 is 2.45 bits per heavy atom. The zero-order valence-corrected chi connectivity index (χ0v) is 12.7. The SMILES string of the molecule is Cc1ccc(Br)c(NS(=O)(=O)c2ccc(F)cc2F)c1. The van der Waals surface area contributed by atoms with Crippen molar-refractivity contribution in [3.63, 3.8) is 0 Å². The molecule has 20 heavy (non-hydrogen) atoms. The molecule has 0 aliphatic heterocycles. The molecule has 2 rings (SSSR count). The summed E-state index contributed by atoms with van der Waals surface area (Å²) in [5, 5.41) is 0. The molecular weight excluding hydrogens is 352 g/mol. The second-order valence-electron chi connectivity index (χ2n) is 4.16. The third kappa shape index (κ3) is 3.16. The number of rotatable bonds is 3. The van der Waals surface area contributed by atoms with Crippen LogP contribution < -0.4 is 4.72 Å². The molecule has 2 aromatic carbocycles. The third-order valence-corrected chi connectivity index (χ3v) is 4.64. The highest BCUT2D eigenvalue weighted by atomic mass is 79.9. The first-order valence-electron chi connectivity index (χ1n) is 5.53. The highest BCUT2D eigenvalue weighted by Crippen LogP contribution is 2.27. The molecule has 0 spiro atoms. The Morgan fingerprint density at radius 1 is 1.10 bits per heavy atom. The van der Waals surface area contributed by atoms with Crippen molar-refractivity contribution in [3.8, 4) is 0 Å². The number of anilines is 1. The van der Waals surface area contributed by atoms with Gasteiger partial charge in [0.2, 0.25) is 0 Å². The normalized spacial score (nSPS) is 11.4. The zero-order valence-electron chi connectivity index (χ0n) is 10.3. The van der Waals surface area contributed by atoms with Crippen LogP contribution >= 0.6 is 15.9 Å². The minimum atomic E-state index is -4.12. The molecule has 0 amide bonds. The number of sulfonamides is 1. The van der Waals surface area contributed by atoms with E-state index >= 15 is 0 Å². The van der Waals surface area contributed by atoms with Crippen molar-refractivity contribution < 1.29 is 17.2 Å². The number of benzene rings is 2. The van der Waals surface area contributed by atoms with Crippen molar-refractivity contribution in [2.75, 3.05) is 4.72 Å². The number of hydrogen-bond acceptors (Lipinski definition) is 2. The van der Waals surface area contributed by atoms with Crippen LogP contribution in [0.1, 0.15) is 5.56 Å².